The molecule has 0 heterocycles. The number of para-hydroxylation sites is 1. The molecule has 0 fully saturated rings. The molecule has 0 spiro atoms. The summed E-state index contributed by atoms with van der Waals surface area (Å²) in [5, 5.41) is 7.50. The minimum Gasteiger partial charge on any atom is -0.488 e. The van der Waals surface area contributed by atoms with Crippen molar-refractivity contribution in [1.82, 2.24) is 10.7 Å². The van der Waals surface area contributed by atoms with Gasteiger partial charge in [-0.1, -0.05) is 55.8 Å². The van der Waals surface area contributed by atoms with Gasteiger partial charge in [0.25, 0.3) is 11.8 Å². The van der Waals surface area contributed by atoms with Crippen molar-refractivity contribution in [3.05, 3.63) is 92.9 Å². The fourth-order valence-electron chi connectivity index (χ4n) is 3.51. The van der Waals surface area contributed by atoms with Gasteiger partial charge in [-0.2, -0.15) is 5.10 Å². The molecule has 7 nitrogen and oxygen atoms in total. The molecule has 0 aromatic heterocycles. The van der Waals surface area contributed by atoms with Crippen LogP contribution in [0.2, 0.25) is 5.02 Å². The first-order valence-corrected chi connectivity index (χ1v) is 13.4. The highest BCUT2D eigenvalue weighted by Crippen LogP contribution is 2.26. The van der Waals surface area contributed by atoms with Crippen LogP contribution in [0.15, 0.2) is 76.3 Å². The van der Waals surface area contributed by atoms with Crippen molar-refractivity contribution in [3.8, 4) is 11.5 Å². The summed E-state index contributed by atoms with van der Waals surface area (Å²) in [6.07, 6.45) is 1.99. The van der Waals surface area contributed by atoms with Crippen molar-refractivity contribution < 1.29 is 19.1 Å². The van der Waals surface area contributed by atoms with Crippen LogP contribution in [0.1, 0.15) is 37.0 Å². The zero-order valence-electron chi connectivity index (χ0n) is 21.5. The van der Waals surface area contributed by atoms with Crippen LogP contribution >= 0.6 is 27.5 Å². The van der Waals surface area contributed by atoms with Gasteiger partial charge in [-0.05, 0) is 88.3 Å². The van der Waals surface area contributed by atoms with Gasteiger partial charge in [-0.15, -0.1) is 0 Å². The maximum atomic E-state index is 12.8. The van der Waals surface area contributed by atoms with Crippen LogP contribution in [0.3, 0.4) is 0 Å². The van der Waals surface area contributed by atoms with Crippen LogP contribution in [0, 0.1) is 12.8 Å². The number of hydrogen-bond donors (Lipinski definition) is 2. The molecule has 0 radical (unpaired) electrons. The predicted octanol–water partition coefficient (Wildman–Crippen LogP) is 6.05. The smallest absolute Gasteiger partial charge is 0.262 e. The summed E-state index contributed by atoms with van der Waals surface area (Å²) < 4.78 is 12.2. The Morgan fingerprint density at radius 2 is 1.76 bits per heavy atom. The Kier molecular flexibility index (Phi) is 11.2. The van der Waals surface area contributed by atoms with Crippen LogP contribution in [-0.4, -0.2) is 30.7 Å². The summed E-state index contributed by atoms with van der Waals surface area (Å²) in [4.78, 5) is 25.2. The number of hydrogen-bond acceptors (Lipinski definition) is 5. The number of hydrazone groups is 1. The van der Waals surface area contributed by atoms with Gasteiger partial charge in [-0.25, -0.2) is 5.43 Å². The zero-order valence-corrected chi connectivity index (χ0v) is 23.9. The average Bonchev–Trinajstić information content (AvgIpc) is 2.88. The van der Waals surface area contributed by atoms with E-state index in [1.54, 1.807) is 6.07 Å². The molecule has 3 rings (SSSR count). The maximum absolute atomic E-state index is 12.8. The van der Waals surface area contributed by atoms with E-state index in [-0.39, 0.29) is 18.4 Å². The number of rotatable bonds is 12. The molecule has 2 N–H and O–H groups in total. The molecule has 38 heavy (non-hydrogen) atoms. The highest BCUT2D eigenvalue weighted by atomic mass is 79.9. The third-order valence-electron chi connectivity index (χ3n) is 5.46. The second-order valence-corrected chi connectivity index (χ2v) is 10.4. The van der Waals surface area contributed by atoms with Crippen molar-refractivity contribution in [2.45, 2.75) is 39.8 Å². The van der Waals surface area contributed by atoms with Crippen molar-refractivity contribution >= 4 is 45.6 Å². The minimum atomic E-state index is -0.740. The highest BCUT2D eigenvalue weighted by Gasteiger charge is 2.22. The van der Waals surface area contributed by atoms with Crippen LogP contribution in [-0.2, 0) is 16.2 Å². The molecule has 0 saturated carbocycles. The van der Waals surface area contributed by atoms with E-state index in [0.29, 0.717) is 29.5 Å². The molecule has 0 aliphatic heterocycles. The molecule has 9 heteroatoms. The van der Waals surface area contributed by atoms with Crippen LogP contribution < -0.4 is 20.2 Å². The van der Waals surface area contributed by atoms with Gasteiger partial charge in [-0.3, -0.25) is 9.59 Å². The second-order valence-electron chi connectivity index (χ2n) is 9.14. The SMILES string of the molecule is Cc1ccccc1OCC(=O)N[C@H](CC(C)C)C(=O)N/N=C\c1ccc(OCc2ccc(Cl)cc2)c(Br)c1. The Hall–Kier alpha value is -3.36. The van der Waals surface area contributed by atoms with Gasteiger partial charge in [0.05, 0.1) is 10.7 Å². The van der Waals surface area contributed by atoms with E-state index in [9.17, 15) is 9.59 Å². The van der Waals surface area contributed by atoms with Crippen molar-refractivity contribution in [2.24, 2.45) is 11.0 Å². The van der Waals surface area contributed by atoms with Crippen molar-refractivity contribution in [3.63, 3.8) is 0 Å². The van der Waals surface area contributed by atoms with Gasteiger partial charge >= 0.3 is 0 Å². The first kappa shape index (κ1) is 29.2. The molecule has 2 amide bonds. The standard InChI is InChI=1S/C29H31BrClN3O4/c1-19(2)14-25(33-28(35)18-38-26-7-5-4-6-20(26)3)29(36)34-32-16-22-10-13-27(24(30)15-22)37-17-21-8-11-23(31)12-9-21/h4-13,15-16,19,25H,14,17-18H2,1-3H3,(H,33,35)(H,34,36)/b32-16-/t25-/m1/s1. The fraction of sp³-hybridized carbons (Fsp3) is 0.276. The molecule has 0 aliphatic rings. The number of aryl methyl sites for hydroxylation is 1. The average molecular weight is 601 g/mol. The summed E-state index contributed by atoms with van der Waals surface area (Å²) >= 11 is 9.43. The summed E-state index contributed by atoms with van der Waals surface area (Å²) in [5.74, 6) is 0.708. The number of carbonyl (C=O) groups is 2. The second kappa shape index (κ2) is 14.5. The summed E-state index contributed by atoms with van der Waals surface area (Å²) in [6, 6.07) is 19.6. The molecule has 0 aliphatic carbocycles. The van der Waals surface area contributed by atoms with E-state index < -0.39 is 11.9 Å². The Bertz CT molecular complexity index is 1260. The molecular weight excluding hydrogens is 570 g/mol. The van der Waals surface area contributed by atoms with Gasteiger partial charge in [0.1, 0.15) is 24.1 Å². The quantitative estimate of drug-likeness (QED) is 0.196. The molecule has 200 valence electrons. The number of halogens is 2. The van der Waals surface area contributed by atoms with Gasteiger partial charge in [0.2, 0.25) is 0 Å². The minimum absolute atomic E-state index is 0.184. The van der Waals surface area contributed by atoms with E-state index in [1.165, 1.54) is 6.21 Å². The normalized spacial score (nSPS) is 11.8. The summed E-state index contributed by atoms with van der Waals surface area (Å²) in [5.41, 5.74) is 5.21. The monoisotopic (exact) mass is 599 g/mol. The topological polar surface area (TPSA) is 89.0 Å². The lowest BCUT2D eigenvalue weighted by atomic mass is 10.0. The van der Waals surface area contributed by atoms with Crippen LogP contribution in [0.4, 0.5) is 0 Å². The van der Waals surface area contributed by atoms with Crippen LogP contribution in [0.5, 0.6) is 11.5 Å². The third kappa shape index (κ3) is 9.50. The highest BCUT2D eigenvalue weighted by molar-refractivity contribution is 9.10. The molecule has 1 atom stereocenters. The molecule has 0 unspecified atom stereocenters. The Morgan fingerprint density at radius 3 is 2.45 bits per heavy atom. The molecular formula is C29H31BrClN3O4. The zero-order chi connectivity index (χ0) is 27.5. The van der Waals surface area contributed by atoms with Crippen molar-refractivity contribution in [2.75, 3.05) is 6.61 Å². The van der Waals surface area contributed by atoms with Gasteiger partial charge < -0.3 is 14.8 Å². The van der Waals surface area contributed by atoms with E-state index in [4.69, 9.17) is 21.1 Å². The number of amides is 2. The lowest BCUT2D eigenvalue weighted by molar-refractivity contribution is -0.130. The summed E-state index contributed by atoms with van der Waals surface area (Å²) in [7, 11) is 0. The fourth-order valence-corrected chi connectivity index (χ4v) is 4.14. The van der Waals surface area contributed by atoms with Crippen LogP contribution in [0.25, 0.3) is 0 Å². The third-order valence-corrected chi connectivity index (χ3v) is 6.33. The largest absolute Gasteiger partial charge is 0.488 e. The first-order chi connectivity index (χ1) is 18.2. The molecule has 3 aromatic carbocycles. The number of ether oxygens (including phenoxy) is 2. The van der Waals surface area contributed by atoms with E-state index >= 15 is 0 Å². The maximum Gasteiger partial charge on any atom is 0.262 e. The number of nitrogens with one attached hydrogen (secondary N) is 2. The van der Waals surface area contributed by atoms with Crippen molar-refractivity contribution in [1.29, 1.82) is 0 Å². The predicted molar refractivity (Wildman–Crippen MR) is 154 cm³/mol. The lowest BCUT2D eigenvalue weighted by Crippen LogP contribution is -2.47. The molecule has 3 aromatic rings. The van der Waals surface area contributed by atoms with Gasteiger partial charge in [0.15, 0.2) is 6.61 Å². The molecule has 0 saturated heterocycles. The summed E-state index contributed by atoms with van der Waals surface area (Å²) in [6.45, 7) is 6.08. The van der Waals surface area contributed by atoms with E-state index in [2.05, 4.69) is 31.8 Å². The Balaban J connectivity index is 1.53. The Labute approximate surface area is 236 Å². The number of carbonyl (C=O) groups excluding carboxylic acids is 2. The lowest BCUT2D eigenvalue weighted by Gasteiger charge is -2.19. The van der Waals surface area contributed by atoms with Gasteiger partial charge in [0, 0.05) is 5.02 Å². The first-order valence-electron chi connectivity index (χ1n) is 12.2. The number of nitrogens with zero attached hydrogens (tertiary/aromatic N) is 1. The number of benzene rings is 3. The molecule has 0 bridgehead atoms. The van der Waals surface area contributed by atoms with E-state index in [0.717, 1.165) is 21.2 Å². The van der Waals surface area contributed by atoms with E-state index in [1.807, 2.05) is 81.4 Å². The Morgan fingerprint density at radius 1 is 1.03 bits per heavy atom.